The second-order valence-electron chi connectivity index (χ2n) is 5.95. The van der Waals surface area contributed by atoms with Gasteiger partial charge < -0.3 is 14.9 Å². The van der Waals surface area contributed by atoms with Crippen molar-refractivity contribution in [1.82, 2.24) is 20.4 Å². The number of aromatic nitrogens is 2. The number of nitrogens with one attached hydrogen (secondary N) is 1. The van der Waals surface area contributed by atoms with E-state index in [1.165, 1.54) is 12.8 Å². The van der Waals surface area contributed by atoms with Gasteiger partial charge in [0.2, 0.25) is 5.89 Å². The molecule has 1 aliphatic heterocycles. The fourth-order valence-electron chi connectivity index (χ4n) is 2.59. The predicted octanol–water partition coefficient (Wildman–Crippen LogP) is 0.814. The summed E-state index contributed by atoms with van der Waals surface area (Å²) in [5.74, 6) is 1.93. The van der Waals surface area contributed by atoms with Crippen LogP contribution in [0.2, 0.25) is 0 Å². The maximum absolute atomic E-state index is 9.19. The Hall–Kier alpha value is -0.980. The Labute approximate surface area is 120 Å². The summed E-state index contributed by atoms with van der Waals surface area (Å²) in [6.07, 6.45) is 3.25. The van der Waals surface area contributed by atoms with E-state index in [1.807, 2.05) is 0 Å². The monoisotopic (exact) mass is 282 g/mol. The molecule has 6 heteroatoms. The Morgan fingerprint density at radius 2 is 2.35 bits per heavy atom. The molecule has 2 heterocycles. The lowest BCUT2D eigenvalue weighted by Crippen LogP contribution is -2.38. The molecule has 1 unspecified atom stereocenters. The van der Waals surface area contributed by atoms with Crippen molar-refractivity contribution >= 4 is 0 Å². The zero-order valence-corrected chi connectivity index (χ0v) is 12.5. The van der Waals surface area contributed by atoms with Crippen LogP contribution in [0.1, 0.15) is 38.4 Å². The first-order chi connectivity index (χ1) is 9.67. The molecule has 1 fully saturated rings. The van der Waals surface area contributed by atoms with Crippen molar-refractivity contribution in [2.45, 2.75) is 45.7 Å². The first-order valence-electron chi connectivity index (χ1n) is 7.55. The summed E-state index contributed by atoms with van der Waals surface area (Å²) < 4.78 is 5.26. The van der Waals surface area contributed by atoms with Crippen LogP contribution in [0.4, 0.5) is 0 Å². The Morgan fingerprint density at radius 3 is 3.00 bits per heavy atom. The molecular weight excluding hydrogens is 256 g/mol. The van der Waals surface area contributed by atoms with Gasteiger partial charge in [0, 0.05) is 25.6 Å². The molecule has 2 rings (SSSR count). The maximum Gasteiger partial charge on any atom is 0.226 e. The predicted molar refractivity (Wildman–Crippen MR) is 76.2 cm³/mol. The van der Waals surface area contributed by atoms with E-state index in [2.05, 4.69) is 34.2 Å². The summed E-state index contributed by atoms with van der Waals surface area (Å²) in [5.41, 5.74) is 0. The molecule has 20 heavy (non-hydrogen) atoms. The van der Waals surface area contributed by atoms with E-state index in [9.17, 15) is 5.11 Å². The minimum atomic E-state index is 0.156. The molecule has 1 aromatic heterocycles. The van der Waals surface area contributed by atoms with Crippen molar-refractivity contribution < 1.29 is 9.63 Å². The molecule has 0 spiro atoms. The van der Waals surface area contributed by atoms with E-state index in [0.717, 1.165) is 19.5 Å². The van der Waals surface area contributed by atoms with Gasteiger partial charge in [-0.2, -0.15) is 4.98 Å². The van der Waals surface area contributed by atoms with Crippen LogP contribution in [-0.4, -0.2) is 52.4 Å². The van der Waals surface area contributed by atoms with Crippen LogP contribution >= 0.6 is 0 Å². The molecule has 1 atom stereocenters. The summed E-state index contributed by atoms with van der Waals surface area (Å²) >= 11 is 0. The fraction of sp³-hybridized carbons (Fsp3) is 0.857. The second-order valence-corrected chi connectivity index (χ2v) is 5.95. The van der Waals surface area contributed by atoms with Gasteiger partial charge in [-0.05, 0) is 25.3 Å². The molecule has 0 bridgehead atoms. The molecule has 114 valence electrons. The molecule has 0 saturated carbocycles. The number of rotatable bonds is 8. The third-order valence-electron chi connectivity index (χ3n) is 3.52. The Balaban J connectivity index is 1.87. The van der Waals surface area contributed by atoms with Crippen LogP contribution in [0.15, 0.2) is 4.52 Å². The first kappa shape index (κ1) is 15.4. The summed E-state index contributed by atoms with van der Waals surface area (Å²) in [7, 11) is 0. The molecule has 1 saturated heterocycles. The molecule has 0 aromatic carbocycles. The van der Waals surface area contributed by atoms with E-state index >= 15 is 0 Å². The van der Waals surface area contributed by atoms with Gasteiger partial charge >= 0.3 is 0 Å². The highest BCUT2D eigenvalue weighted by Crippen LogP contribution is 2.10. The summed E-state index contributed by atoms with van der Waals surface area (Å²) in [6.45, 7) is 7.73. The number of hydrogen-bond donors (Lipinski definition) is 2. The van der Waals surface area contributed by atoms with Gasteiger partial charge in [0.05, 0.1) is 13.2 Å². The zero-order chi connectivity index (χ0) is 14.4. The molecular formula is C14H26N4O2. The standard InChI is InChI=1S/C14H26N4O2/c1-11(2)8-14-16-13(17-20-14)10-18(6-7-19)9-12-4-3-5-15-12/h11-12,15,19H,3-10H2,1-2H3. The summed E-state index contributed by atoms with van der Waals surface area (Å²) in [4.78, 5) is 6.61. The normalized spacial score (nSPS) is 19.4. The first-order valence-corrected chi connectivity index (χ1v) is 7.55. The highest BCUT2D eigenvalue weighted by molar-refractivity contribution is 4.88. The van der Waals surface area contributed by atoms with Crippen molar-refractivity contribution in [2.24, 2.45) is 5.92 Å². The summed E-state index contributed by atoms with van der Waals surface area (Å²) in [6, 6.07) is 0.517. The molecule has 0 aliphatic carbocycles. The van der Waals surface area contributed by atoms with Crippen molar-refractivity contribution in [1.29, 1.82) is 0 Å². The van der Waals surface area contributed by atoms with Gasteiger partial charge in [0.25, 0.3) is 0 Å². The van der Waals surface area contributed by atoms with E-state index in [4.69, 9.17) is 4.52 Å². The van der Waals surface area contributed by atoms with Crippen molar-refractivity contribution in [3.8, 4) is 0 Å². The van der Waals surface area contributed by atoms with Gasteiger partial charge in [-0.1, -0.05) is 19.0 Å². The van der Waals surface area contributed by atoms with Crippen LogP contribution in [0.25, 0.3) is 0 Å². The van der Waals surface area contributed by atoms with Gasteiger partial charge in [-0.3, -0.25) is 4.90 Å². The smallest absolute Gasteiger partial charge is 0.226 e. The number of nitrogens with zero attached hydrogens (tertiary/aromatic N) is 3. The third-order valence-corrected chi connectivity index (χ3v) is 3.52. The van der Waals surface area contributed by atoms with Crippen LogP contribution in [-0.2, 0) is 13.0 Å². The SMILES string of the molecule is CC(C)Cc1nc(CN(CCO)CC2CCCN2)no1. The lowest BCUT2D eigenvalue weighted by atomic mass is 10.1. The number of aliphatic hydroxyl groups excluding tert-OH is 1. The Morgan fingerprint density at radius 1 is 1.50 bits per heavy atom. The average Bonchev–Trinajstić information content (AvgIpc) is 3.01. The van der Waals surface area contributed by atoms with Crippen LogP contribution in [0, 0.1) is 5.92 Å². The molecule has 6 nitrogen and oxygen atoms in total. The molecule has 2 N–H and O–H groups in total. The minimum Gasteiger partial charge on any atom is -0.395 e. The van der Waals surface area contributed by atoms with Gasteiger partial charge in [0.1, 0.15) is 0 Å². The van der Waals surface area contributed by atoms with Crippen LogP contribution in [0.3, 0.4) is 0 Å². The average molecular weight is 282 g/mol. The van der Waals surface area contributed by atoms with Gasteiger partial charge in [0.15, 0.2) is 5.82 Å². The van der Waals surface area contributed by atoms with Gasteiger partial charge in [-0.25, -0.2) is 0 Å². The Bertz CT molecular complexity index is 388. The van der Waals surface area contributed by atoms with Crippen molar-refractivity contribution in [2.75, 3.05) is 26.2 Å². The molecule has 0 radical (unpaired) electrons. The molecule has 0 amide bonds. The van der Waals surface area contributed by atoms with Crippen LogP contribution < -0.4 is 5.32 Å². The number of aliphatic hydroxyl groups is 1. The Kier molecular flexibility index (Phi) is 5.94. The zero-order valence-electron chi connectivity index (χ0n) is 12.5. The molecule has 1 aromatic rings. The lowest BCUT2D eigenvalue weighted by Gasteiger charge is -2.23. The van der Waals surface area contributed by atoms with E-state index in [-0.39, 0.29) is 6.61 Å². The van der Waals surface area contributed by atoms with E-state index in [1.54, 1.807) is 0 Å². The van der Waals surface area contributed by atoms with Crippen molar-refractivity contribution in [3.63, 3.8) is 0 Å². The number of hydrogen-bond acceptors (Lipinski definition) is 6. The van der Waals surface area contributed by atoms with Crippen LogP contribution in [0.5, 0.6) is 0 Å². The lowest BCUT2D eigenvalue weighted by molar-refractivity contribution is 0.174. The fourth-order valence-corrected chi connectivity index (χ4v) is 2.59. The highest BCUT2D eigenvalue weighted by Gasteiger charge is 2.19. The largest absolute Gasteiger partial charge is 0.395 e. The van der Waals surface area contributed by atoms with Crippen molar-refractivity contribution in [3.05, 3.63) is 11.7 Å². The topological polar surface area (TPSA) is 74.4 Å². The molecule has 1 aliphatic rings. The van der Waals surface area contributed by atoms with Gasteiger partial charge in [-0.15, -0.1) is 0 Å². The van der Waals surface area contributed by atoms with E-state index < -0.39 is 0 Å². The summed E-state index contributed by atoms with van der Waals surface area (Å²) in [5, 5.41) is 16.7. The minimum absolute atomic E-state index is 0.156. The quantitative estimate of drug-likeness (QED) is 0.735. The second kappa shape index (κ2) is 7.71. The maximum atomic E-state index is 9.19. The third kappa shape index (κ3) is 4.85. The highest BCUT2D eigenvalue weighted by atomic mass is 16.5. The van der Waals surface area contributed by atoms with E-state index in [0.29, 0.717) is 36.8 Å².